The lowest BCUT2D eigenvalue weighted by molar-refractivity contribution is -0.115. The van der Waals surface area contributed by atoms with Gasteiger partial charge in [-0.1, -0.05) is 34.7 Å². The SMILES string of the molecule is COc1ccc(Cl)cc1NC(=O)[C@@H](C)Sc1nnc(NC2CC2)s1. The lowest BCUT2D eigenvalue weighted by atomic mass is 10.3. The predicted molar refractivity (Wildman–Crippen MR) is 98.5 cm³/mol. The number of halogens is 1. The third-order valence-corrected chi connectivity index (χ3v) is 5.65. The number of nitrogens with zero attached hydrogens (tertiary/aromatic N) is 2. The summed E-state index contributed by atoms with van der Waals surface area (Å²) in [7, 11) is 1.55. The summed E-state index contributed by atoms with van der Waals surface area (Å²) in [4.78, 5) is 12.4. The first-order valence-electron chi connectivity index (χ1n) is 7.46. The minimum absolute atomic E-state index is 0.146. The third kappa shape index (κ3) is 4.52. The molecule has 2 N–H and O–H groups in total. The second kappa shape index (κ2) is 7.58. The fourth-order valence-corrected chi connectivity index (χ4v) is 4.08. The minimum Gasteiger partial charge on any atom is -0.495 e. The monoisotopic (exact) mass is 384 g/mol. The van der Waals surface area contributed by atoms with Crippen LogP contribution in [0.25, 0.3) is 0 Å². The number of hydrogen-bond acceptors (Lipinski definition) is 7. The zero-order valence-corrected chi connectivity index (χ0v) is 15.6. The van der Waals surface area contributed by atoms with E-state index in [0.29, 0.717) is 22.5 Å². The number of aromatic nitrogens is 2. The normalized spacial score (nSPS) is 15.0. The van der Waals surface area contributed by atoms with Crippen molar-refractivity contribution in [3.05, 3.63) is 23.2 Å². The molecule has 0 bridgehead atoms. The van der Waals surface area contributed by atoms with Crippen molar-refractivity contribution in [3.8, 4) is 5.75 Å². The van der Waals surface area contributed by atoms with Gasteiger partial charge in [-0.3, -0.25) is 4.79 Å². The summed E-state index contributed by atoms with van der Waals surface area (Å²) in [5, 5.41) is 15.4. The molecule has 0 radical (unpaired) electrons. The van der Waals surface area contributed by atoms with Gasteiger partial charge in [-0.25, -0.2) is 0 Å². The number of thioether (sulfide) groups is 1. The Balaban J connectivity index is 1.60. The highest BCUT2D eigenvalue weighted by atomic mass is 35.5. The van der Waals surface area contributed by atoms with Gasteiger partial charge in [0.05, 0.1) is 18.0 Å². The molecule has 1 aromatic carbocycles. The van der Waals surface area contributed by atoms with E-state index in [0.717, 1.165) is 9.47 Å². The van der Waals surface area contributed by atoms with Gasteiger partial charge in [0.15, 0.2) is 4.34 Å². The van der Waals surface area contributed by atoms with E-state index in [2.05, 4.69) is 20.8 Å². The molecule has 3 rings (SSSR count). The van der Waals surface area contributed by atoms with Gasteiger partial charge in [-0.15, -0.1) is 10.2 Å². The zero-order chi connectivity index (χ0) is 17.1. The maximum atomic E-state index is 12.4. The summed E-state index contributed by atoms with van der Waals surface area (Å²) < 4.78 is 6.00. The van der Waals surface area contributed by atoms with Gasteiger partial charge in [0, 0.05) is 11.1 Å². The summed E-state index contributed by atoms with van der Waals surface area (Å²) in [5.74, 6) is 0.421. The third-order valence-electron chi connectivity index (χ3n) is 3.38. The molecule has 0 unspecified atom stereocenters. The quantitative estimate of drug-likeness (QED) is 0.705. The Hall–Kier alpha value is -1.51. The molecule has 0 aliphatic heterocycles. The molecule has 0 saturated heterocycles. The van der Waals surface area contributed by atoms with E-state index in [9.17, 15) is 4.79 Å². The van der Waals surface area contributed by atoms with Crippen LogP contribution in [-0.4, -0.2) is 34.5 Å². The van der Waals surface area contributed by atoms with Crippen LogP contribution in [0, 0.1) is 0 Å². The molecule has 9 heteroatoms. The molecule has 1 atom stereocenters. The number of benzene rings is 1. The molecule has 1 amide bonds. The summed E-state index contributed by atoms with van der Waals surface area (Å²) in [6.45, 7) is 1.83. The first kappa shape index (κ1) is 17.3. The zero-order valence-electron chi connectivity index (χ0n) is 13.2. The molecule has 1 heterocycles. The Kier molecular flexibility index (Phi) is 5.47. The van der Waals surface area contributed by atoms with Crippen molar-refractivity contribution in [3.63, 3.8) is 0 Å². The number of methoxy groups -OCH3 is 1. The van der Waals surface area contributed by atoms with Gasteiger partial charge in [0.1, 0.15) is 5.75 Å². The van der Waals surface area contributed by atoms with Crippen LogP contribution in [0.3, 0.4) is 0 Å². The van der Waals surface area contributed by atoms with E-state index in [1.54, 1.807) is 25.3 Å². The summed E-state index contributed by atoms with van der Waals surface area (Å²) in [6, 6.07) is 5.63. The van der Waals surface area contributed by atoms with Crippen LogP contribution < -0.4 is 15.4 Å². The Labute approximate surface area is 153 Å². The predicted octanol–water partition coefficient (Wildman–Crippen LogP) is 3.89. The number of hydrogen-bond donors (Lipinski definition) is 2. The van der Waals surface area contributed by atoms with E-state index in [1.807, 2.05) is 6.92 Å². The molecule has 6 nitrogen and oxygen atoms in total. The maximum absolute atomic E-state index is 12.4. The average Bonchev–Trinajstić information content (AvgIpc) is 3.26. The number of anilines is 2. The lowest BCUT2D eigenvalue weighted by Gasteiger charge is -2.13. The molecule has 0 spiro atoms. The van der Waals surface area contributed by atoms with Crippen molar-refractivity contribution in [1.82, 2.24) is 10.2 Å². The van der Waals surface area contributed by atoms with Crippen molar-refractivity contribution in [1.29, 1.82) is 0 Å². The van der Waals surface area contributed by atoms with Gasteiger partial charge in [-0.05, 0) is 38.0 Å². The molecule has 1 fully saturated rings. The first-order chi connectivity index (χ1) is 11.5. The highest BCUT2D eigenvalue weighted by Gasteiger charge is 2.23. The molecule has 1 aliphatic rings. The minimum atomic E-state index is -0.324. The van der Waals surface area contributed by atoms with E-state index in [4.69, 9.17) is 16.3 Å². The highest BCUT2D eigenvalue weighted by Crippen LogP contribution is 2.33. The van der Waals surface area contributed by atoms with Gasteiger partial charge >= 0.3 is 0 Å². The average molecular weight is 385 g/mol. The lowest BCUT2D eigenvalue weighted by Crippen LogP contribution is -2.22. The second-order valence-corrected chi connectivity index (χ2v) is 8.39. The molecule has 24 heavy (non-hydrogen) atoms. The van der Waals surface area contributed by atoms with Crippen LogP contribution >= 0.6 is 34.7 Å². The molecule has 1 saturated carbocycles. The Morgan fingerprint density at radius 1 is 1.46 bits per heavy atom. The van der Waals surface area contributed by atoms with E-state index in [1.165, 1.54) is 35.9 Å². The van der Waals surface area contributed by atoms with Gasteiger partial charge in [-0.2, -0.15) is 0 Å². The van der Waals surface area contributed by atoms with Crippen LogP contribution in [0.2, 0.25) is 5.02 Å². The van der Waals surface area contributed by atoms with Gasteiger partial charge in [0.2, 0.25) is 11.0 Å². The maximum Gasteiger partial charge on any atom is 0.237 e. The van der Waals surface area contributed by atoms with Crippen molar-refractivity contribution in [2.75, 3.05) is 17.7 Å². The number of nitrogens with one attached hydrogen (secondary N) is 2. The molecule has 1 aliphatic carbocycles. The Bertz CT molecular complexity index is 736. The largest absolute Gasteiger partial charge is 0.495 e. The van der Waals surface area contributed by atoms with Crippen LogP contribution in [0.4, 0.5) is 10.8 Å². The highest BCUT2D eigenvalue weighted by molar-refractivity contribution is 8.02. The van der Waals surface area contributed by atoms with E-state index in [-0.39, 0.29) is 11.2 Å². The summed E-state index contributed by atoms with van der Waals surface area (Å²) >= 11 is 8.82. The molecular weight excluding hydrogens is 368 g/mol. The number of carbonyl (C=O) groups excluding carboxylic acids is 1. The molecular formula is C15H17ClN4O2S2. The Morgan fingerprint density at radius 3 is 2.96 bits per heavy atom. The smallest absolute Gasteiger partial charge is 0.237 e. The number of carbonyl (C=O) groups is 1. The van der Waals surface area contributed by atoms with E-state index >= 15 is 0 Å². The fraction of sp³-hybridized carbons (Fsp3) is 0.400. The fourth-order valence-electron chi connectivity index (χ4n) is 1.94. The molecule has 1 aromatic heterocycles. The van der Waals surface area contributed by atoms with Crippen molar-refractivity contribution in [2.24, 2.45) is 0 Å². The standard InChI is InChI=1S/C15H17ClN4O2S2/c1-8(23-15-20-19-14(24-15)17-10-4-5-10)13(21)18-11-7-9(16)3-6-12(11)22-2/h3,6-8,10H,4-5H2,1-2H3,(H,17,19)(H,18,21)/t8-/m1/s1. The van der Waals surface area contributed by atoms with Crippen molar-refractivity contribution in [2.45, 2.75) is 35.4 Å². The second-order valence-electron chi connectivity index (χ2n) is 5.39. The molecule has 2 aromatic rings. The van der Waals surface area contributed by atoms with Gasteiger partial charge in [0.25, 0.3) is 0 Å². The summed E-state index contributed by atoms with van der Waals surface area (Å²) in [5.41, 5.74) is 0.552. The van der Waals surface area contributed by atoms with Crippen molar-refractivity contribution < 1.29 is 9.53 Å². The number of amides is 1. The summed E-state index contributed by atoms with van der Waals surface area (Å²) in [6.07, 6.45) is 2.37. The van der Waals surface area contributed by atoms with Crippen LogP contribution in [0.1, 0.15) is 19.8 Å². The van der Waals surface area contributed by atoms with E-state index < -0.39 is 0 Å². The van der Waals surface area contributed by atoms with Crippen LogP contribution in [0.5, 0.6) is 5.75 Å². The van der Waals surface area contributed by atoms with Gasteiger partial charge < -0.3 is 15.4 Å². The number of ether oxygens (including phenoxy) is 1. The Morgan fingerprint density at radius 2 is 2.25 bits per heavy atom. The topological polar surface area (TPSA) is 76.1 Å². The first-order valence-corrected chi connectivity index (χ1v) is 9.53. The van der Waals surface area contributed by atoms with Crippen LogP contribution in [0.15, 0.2) is 22.5 Å². The molecule has 128 valence electrons. The number of rotatable bonds is 7. The van der Waals surface area contributed by atoms with Crippen LogP contribution in [-0.2, 0) is 4.79 Å². The van der Waals surface area contributed by atoms with Crippen molar-refractivity contribution >= 4 is 51.4 Å².